The highest BCUT2D eigenvalue weighted by Crippen LogP contribution is 2.89. The number of alkyl carbamates (subject to hydrolysis) is 1. The zero-order valence-electron chi connectivity index (χ0n) is 28.5. The summed E-state index contributed by atoms with van der Waals surface area (Å²) in [4.78, 5) is 26.9. The lowest BCUT2D eigenvalue weighted by atomic mass is 9.41. The Kier molecular flexibility index (Phi) is 7.05. The third-order valence-corrected chi connectivity index (χ3v) is 15.6. The Hall–Kier alpha value is -1.54. The summed E-state index contributed by atoms with van der Waals surface area (Å²) in [6.45, 7) is 17.7. The molecule has 8 nitrogen and oxygen atoms in total. The van der Waals surface area contributed by atoms with Gasteiger partial charge in [0.25, 0.3) is 0 Å². The highest BCUT2D eigenvalue weighted by molar-refractivity contribution is 5.68. The van der Waals surface area contributed by atoms with Gasteiger partial charge in [0, 0.05) is 31.0 Å². The second-order valence-corrected chi connectivity index (χ2v) is 17.6. The molecule has 44 heavy (non-hydrogen) atoms. The molecule has 0 unspecified atom stereocenters. The number of nitrogens with zero attached hydrogens (tertiary/aromatic N) is 1. The van der Waals surface area contributed by atoms with E-state index in [1.165, 1.54) is 12.8 Å². The molecule has 5 saturated carbocycles. The fourth-order valence-corrected chi connectivity index (χ4v) is 13.3. The number of likely N-dealkylation sites (tertiary alicyclic amines) is 1. The van der Waals surface area contributed by atoms with Crippen LogP contribution in [0.25, 0.3) is 0 Å². The zero-order chi connectivity index (χ0) is 31.6. The standard InChI is InChI=1S/C36H58N2O6/c1-20(2)27(44-31(41)38-16-9-17-38)22-18-21(3)26-28(42-22)29(39)34(7)24-11-10-23-32(4,5)25(43-30(40)37-8)12-13-35(23)19-36(24,35)15-14-33(26,34)6/h20-29,39H,9-19H2,1-8H3,(H,37,40)/t21-,22-,23+,24+,25+,26+,27-,28+,29+,33-,34-,35-,36+/m1/s1. The number of ether oxygens (including phenoxy) is 3. The second-order valence-electron chi connectivity index (χ2n) is 17.6. The van der Waals surface area contributed by atoms with Crippen LogP contribution in [0.2, 0.25) is 0 Å². The molecule has 2 heterocycles. The minimum Gasteiger partial charge on any atom is -0.446 e. The first-order valence-corrected chi connectivity index (χ1v) is 17.9. The number of fused-ring (bicyclic) bond motifs is 4. The van der Waals surface area contributed by atoms with Crippen LogP contribution in [0.4, 0.5) is 9.59 Å². The first-order chi connectivity index (χ1) is 20.7. The molecule has 0 aromatic rings. The molecule has 13 atom stereocenters. The predicted molar refractivity (Wildman–Crippen MR) is 167 cm³/mol. The van der Waals surface area contributed by atoms with Gasteiger partial charge in [0.1, 0.15) is 12.2 Å². The van der Waals surface area contributed by atoms with E-state index in [2.05, 4.69) is 53.8 Å². The van der Waals surface area contributed by atoms with E-state index >= 15 is 0 Å². The average molecular weight is 615 g/mol. The molecule has 0 bridgehead atoms. The van der Waals surface area contributed by atoms with Crippen molar-refractivity contribution in [3.8, 4) is 0 Å². The second kappa shape index (κ2) is 9.98. The van der Waals surface area contributed by atoms with Crippen LogP contribution in [0, 0.1) is 56.7 Å². The number of carbonyl (C=O) groups excluding carboxylic acids is 2. The molecular formula is C36H58N2O6. The Bertz CT molecular complexity index is 1190. The summed E-state index contributed by atoms with van der Waals surface area (Å²) >= 11 is 0. The van der Waals surface area contributed by atoms with Crippen LogP contribution in [0.3, 0.4) is 0 Å². The van der Waals surface area contributed by atoms with E-state index in [0.717, 1.165) is 58.0 Å². The normalized spacial score (nSPS) is 50.5. The minimum absolute atomic E-state index is 0.00924. The highest BCUT2D eigenvalue weighted by Gasteiger charge is 2.84. The summed E-state index contributed by atoms with van der Waals surface area (Å²) in [5, 5.41) is 15.2. The SMILES string of the molecule is CNC(=O)O[C@H]1CC[C@]23C[C@]24CC[C@]2(C)[C@@H]5[C@H](O[C@@H]([C@H](OC(=O)N6CCC6)C(C)C)C[C@H]5C)[C@H](O)[C@@]2(C)[C@@H]4CC[C@H]3C1(C)C. The van der Waals surface area contributed by atoms with Crippen LogP contribution in [-0.2, 0) is 14.2 Å². The Morgan fingerprint density at radius 3 is 2.32 bits per heavy atom. The number of rotatable bonds is 4. The van der Waals surface area contributed by atoms with Gasteiger partial charge in [0.2, 0.25) is 0 Å². The lowest BCUT2D eigenvalue weighted by molar-refractivity contribution is -0.185. The monoisotopic (exact) mass is 614 g/mol. The number of nitrogens with one attached hydrogen (secondary N) is 1. The molecule has 2 aliphatic heterocycles. The molecule has 2 amide bonds. The van der Waals surface area contributed by atoms with Gasteiger partial charge in [-0.05, 0) is 104 Å². The van der Waals surface area contributed by atoms with Crippen LogP contribution < -0.4 is 5.32 Å². The Morgan fingerprint density at radius 1 is 1.00 bits per heavy atom. The van der Waals surface area contributed by atoms with E-state index in [0.29, 0.717) is 17.8 Å². The number of aliphatic hydroxyl groups is 1. The number of amides is 2. The summed E-state index contributed by atoms with van der Waals surface area (Å²) in [7, 11) is 1.64. The van der Waals surface area contributed by atoms with Crippen molar-refractivity contribution in [2.75, 3.05) is 20.1 Å². The van der Waals surface area contributed by atoms with Crippen molar-refractivity contribution in [2.24, 2.45) is 56.7 Å². The maximum Gasteiger partial charge on any atom is 0.410 e. The summed E-state index contributed by atoms with van der Waals surface area (Å²) in [5.74, 6) is 1.78. The fourth-order valence-electron chi connectivity index (χ4n) is 13.3. The molecule has 0 radical (unpaired) electrons. The first kappa shape index (κ1) is 31.1. The van der Waals surface area contributed by atoms with Crippen molar-refractivity contribution in [2.45, 2.75) is 137 Å². The molecule has 2 N–H and O–H groups in total. The third-order valence-electron chi connectivity index (χ3n) is 15.6. The van der Waals surface area contributed by atoms with Gasteiger partial charge in [0.05, 0.1) is 18.3 Å². The van der Waals surface area contributed by atoms with Crippen molar-refractivity contribution in [1.82, 2.24) is 10.2 Å². The van der Waals surface area contributed by atoms with Crippen LogP contribution in [-0.4, -0.2) is 72.8 Å². The molecule has 2 saturated heterocycles. The molecule has 2 spiro atoms. The van der Waals surface area contributed by atoms with Crippen molar-refractivity contribution >= 4 is 12.2 Å². The topological polar surface area (TPSA) is 97.3 Å². The number of hydrogen-bond acceptors (Lipinski definition) is 6. The summed E-state index contributed by atoms with van der Waals surface area (Å²) < 4.78 is 19.1. The Labute approximate surface area is 264 Å². The lowest BCUT2D eigenvalue weighted by Gasteiger charge is -2.63. The van der Waals surface area contributed by atoms with E-state index in [1.54, 1.807) is 11.9 Å². The zero-order valence-corrected chi connectivity index (χ0v) is 28.5. The van der Waals surface area contributed by atoms with Gasteiger partial charge < -0.3 is 29.5 Å². The van der Waals surface area contributed by atoms with Crippen molar-refractivity contribution < 1.29 is 28.9 Å². The van der Waals surface area contributed by atoms with Gasteiger partial charge in [-0.2, -0.15) is 0 Å². The maximum absolute atomic E-state index is 12.9. The molecule has 5 aliphatic carbocycles. The van der Waals surface area contributed by atoms with Gasteiger partial charge in [-0.25, -0.2) is 9.59 Å². The first-order valence-electron chi connectivity index (χ1n) is 17.9. The minimum atomic E-state index is -0.543. The van der Waals surface area contributed by atoms with Gasteiger partial charge >= 0.3 is 12.2 Å². The van der Waals surface area contributed by atoms with E-state index in [-0.39, 0.29) is 75.5 Å². The van der Waals surface area contributed by atoms with Crippen LogP contribution in [0.15, 0.2) is 0 Å². The fraction of sp³-hybridized carbons (Fsp3) is 0.944. The maximum atomic E-state index is 12.9. The molecule has 7 fully saturated rings. The van der Waals surface area contributed by atoms with Crippen LogP contribution in [0.1, 0.15) is 106 Å². The lowest BCUT2D eigenvalue weighted by Crippen LogP contribution is -2.60. The van der Waals surface area contributed by atoms with Crippen LogP contribution >= 0.6 is 0 Å². The quantitative estimate of drug-likeness (QED) is 0.381. The average Bonchev–Trinajstić information content (AvgIpc) is 3.56. The van der Waals surface area contributed by atoms with Crippen molar-refractivity contribution in [3.63, 3.8) is 0 Å². The van der Waals surface area contributed by atoms with Gasteiger partial charge in [-0.3, -0.25) is 0 Å². The summed E-state index contributed by atoms with van der Waals surface area (Å²) in [6.07, 6.45) is 7.88. The Balaban J connectivity index is 1.15. The molecule has 0 aromatic carbocycles. The summed E-state index contributed by atoms with van der Waals surface area (Å²) in [6, 6.07) is 0. The predicted octanol–water partition coefficient (Wildman–Crippen LogP) is 6.39. The van der Waals surface area contributed by atoms with E-state index in [4.69, 9.17) is 14.2 Å². The van der Waals surface area contributed by atoms with E-state index in [9.17, 15) is 14.7 Å². The number of carbonyl (C=O) groups is 2. The molecule has 0 aromatic heterocycles. The molecule has 248 valence electrons. The summed E-state index contributed by atoms with van der Waals surface area (Å²) in [5.41, 5.74) is 0.212. The largest absolute Gasteiger partial charge is 0.446 e. The van der Waals surface area contributed by atoms with Crippen LogP contribution in [0.5, 0.6) is 0 Å². The molecular weight excluding hydrogens is 556 g/mol. The third kappa shape index (κ3) is 3.82. The number of hydrogen-bond donors (Lipinski definition) is 2. The molecule has 8 heteroatoms. The van der Waals surface area contributed by atoms with Gasteiger partial charge in [-0.1, -0.05) is 48.5 Å². The number of aliphatic hydroxyl groups excluding tert-OH is 1. The van der Waals surface area contributed by atoms with E-state index < -0.39 is 6.10 Å². The van der Waals surface area contributed by atoms with Crippen molar-refractivity contribution in [3.05, 3.63) is 0 Å². The Morgan fingerprint density at radius 2 is 1.68 bits per heavy atom. The van der Waals surface area contributed by atoms with E-state index in [1.807, 2.05) is 0 Å². The van der Waals surface area contributed by atoms with Crippen molar-refractivity contribution in [1.29, 1.82) is 0 Å². The van der Waals surface area contributed by atoms with Gasteiger partial charge in [-0.15, -0.1) is 0 Å². The van der Waals surface area contributed by atoms with Gasteiger partial charge in [0.15, 0.2) is 0 Å². The highest BCUT2D eigenvalue weighted by atomic mass is 16.6. The molecule has 7 aliphatic rings. The molecule has 7 rings (SSSR count). The smallest absolute Gasteiger partial charge is 0.410 e.